The summed E-state index contributed by atoms with van der Waals surface area (Å²) in [6.07, 6.45) is -4.39. The topological polar surface area (TPSA) is 182 Å². The van der Waals surface area contributed by atoms with Gasteiger partial charge in [-0.2, -0.15) is 0 Å². The van der Waals surface area contributed by atoms with E-state index >= 15 is 0 Å². The molecule has 3 aliphatic carbocycles. The van der Waals surface area contributed by atoms with Crippen molar-refractivity contribution in [2.24, 2.45) is 27.8 Å². The zero-order valence-electron chi connectivity index (χ0n) is 29.9. The van der Waals surface area contributed by atoms with Crippen molar-refractivity contribution in [2.75, 3.05) is 6.61 Å². The molecule has 0 radical (unpaired) electrons. The molecule has 4 fully saturated rings. The minimum Gasteiger partial charge on any atom is -0.462 e. The van der Waals surface area contributed by atoms with Gasteiger partial charge in [0.15, 0.2) is 11.4 Å². The Balaban J connectivity index is 1.65. The smallest absolute Gasteiger partial charge is 0.338 e. The van der Waals surface area contributed by atoms with E-state index in [2.05, 4.69) is 10.0 Å². The Morgan fingerprint density at radius 2 is 1.64 bits per heavy atom. The lowest BCUT2D eigenvalue weighted by Crippen LogP contribution is -2.80. The van der Waals surface area contributed by atoms with Crippen molar-refractivity contribution in [3.63, 3.8) is 0 Å². The Hall–Kier alpha value is -3.97. The molecule has 1 aromatic carbocycles. The molecular weight excluding hydrogens is 650 g/mol. The maximum absolute atomic E-state index is 14.3. The lowest BCUT2D eigenvalue weighted by Gasteiger charge is -2.67. The highest BCUT2D eigenvalue weighted by molar-refractivity contribution is 5.90. The van der Waals surface area contributed by atoms with E-state index in [-0.39, 0.29) is 30.7 Å². The molecule has 0 N–H and O–H groups in total. The fourth-order valence-corrected chi connectivity index (χ4v) is 9.70. The van der Waals surface area contributed by atoms with Crippen LogP contribution in [-0.2, 0) is 47.5 Å². The maximum atomic E-state index is 14.3. The number of fused-ring (bicyclic) bond motifs is 8. The Labute approximate surface area is 290 Å². The maximum Gasteiger partial charge on any atom is 0.338 e. The molecule has 1 aromatic rings. The van der Waals surface area contributed by atoms with Crippen LogP contribution in [0.25, 0.3) is 10.4 Å². The van der Waals surface area contributed by atoms with E-state index < -0.39 is 94.6 Å². The monoisotopic (exact) mass is 695 g/mol. The average molecular weight is 696 g/mol. The molecule has 2 saturated carbocycles. The second kappa shape index (κ2) is 12.4. The summed E-state index contributed by atoms with van der Waals surface area (Å²) in [5.74, 6) is -4.83. The van der Waals surface area contributed by atoms with Gasteiger partial charge in [-0.1, -0.05) is 38.0 Å². The summed E-state index contributed by atoms with van der Waals surface area (Å²) in [6.45, 7) is 15.5. The summed E-state index contributed by atoms with van der Waals surface area (Å²) in [5.41, 5.74) is 7.73. The van der Waals surface area contributed by atoms with Crippen molar-refractivity contribution >= 4 is 29.6 Å². The van der Waals surface area contributed by atoms with Gasteiger partial charge in [-0.25, -0.2) is 4.79 Å². The van der Waals surface area contributed by atoms with E-state index in [0.29, 0.717) is 0 Å². The van der Waals surface area contributed by atoms with Crippen LogP contribution in [0, 0.1) is 22.7 Å². The molecule has 2 aliphatic heterocycles. The third-order valence-electron chi connectivity index (χ3n) is 11.5. The van der Waals surface area contributed by atoms with Crippen molar-refractivity contribution in [1.29, 1.82) is 0 Å². The first-order chi connectivity index (χ1) is 23.4. The number of azide groups is 1. The van der Waals surface area contributed by atoms with E-state index in [1.165, 1.54) is 26.8 Å². The number of hydrogen-bond donors (Lipinski definition) is 0. The SMILES string of the molecule is CC(=O)O[C@H]1C[C@H]2[C@@H](OC(=O)c3cccc(N=[N+]=[N-])c3)[C@@H]3[C@]4(OC(C)=O)CO[C@@H]4C[C@H](OC(C)=O)[C@@]3(C)[C@H]3OC(C)(C)O[C@@H]3C(=C1C)C2(C)C. The van der Waals surface area contributed by atoms with Gasteiger partial charge >= 0.3 is 23.9 Å². The highest BCUT2D eigenvalue weighted by Crippen LogP contribution is 2.66. The lowest BCUT2D eigenvalue weighted by atomic mass is 9.45. The first kappa shape index (κ1) is 35.8. The Morgan fingerprint density at radius 3 is 2.24 bits per heavy atom. The minimum atomic E-state index is -1.32. The minimum absolute atomic E-state index is 0.00536. The molecule has 2 heterocycles. The highest BCUT2D eigenvalue weighted by Gasteiger charge is 2.77. The molecule has 2 bridgehead atoms. The van der Waals surface area contributed by atoms with Crippen LogP contribution < -0.4 is 0 Å². The normalized spacial score (nSPS) is 37.5. The molecule has 14 nitrogen and oxygen atoms in total. The summed E-state index contributed by atoms with van der Waals surface area (Å²) in [7, 11) is 0. The van der Waals surface area contributed by atoms with Gasteiger partial charge in [-0.3, -0.25) is 14.4 Å². The standard InChI is InChI=1S/C36H45N3O11/c1-17-24(45-18(2)40)14-23-28(47-32(43)21-11-10-12-22(13-21)38-39-37)30-35(9,31-29(27(17)33(23,5)6)49-34(7,8)50-31)25(46-19(3)41)15-26-36(30,16-44-26)48-20(4)42/h10-13,23-26,28-31H,14-16H2,1-9H3/t23-,24-,25-,26+,28+,29+,30-,31-,35+,36-/m0/s1. The molecule has 14 heteroatoms. The fourth-order valence-electron chi connectivity index (χ4n) is 9.70. The third-order valence-corrected chi connectivity index (χ3v) is 11.5. The van der Waals surface area contributed by atoms with Gasteiger partial charge < -0.3 is 33.2 Å². The Bertz CT molecular complexity index is 1700. The predicted molar refractivity (Wildman–Crippen MR) is 174 cm³/mol. The first-order valence-corrected chi connectivity index (χ1v) is 16.9. The summed E-state index contributed by atoms with van der Waals surface area (Å²) < 4.78 is 44.7. The van der Waals surface area contributed by atoms with Gasteiger partial charge in [0, 0.05) is 49.1 Å². The van der Waals surface area contributed by atoms with Crippen molar-refractivity contribution in [2.45, 2.75) is 123 Å². The number of esters is 4. The van der Waals surface area contributed by atoms with Crippen LogP contribution in [0.3, 0.4) is 0 Å². The van der Waals surface area contributed by atoms with Gasteiger partial charge in [-0.15, -0.1) is 0 Å². The van der Waals surface area contributed by atoms with Gasteiger partial charge in [0.05, 0.1) is 18.1 Å². The first-order valence-electron chi connectivity index (χ1n) is 16.9. The molecule has 270 valence electrons. The van der Waals surface area contributed by atoms with Gasteiger partial charge in [0.25, 0.3) is 0 Å². The molecule has 0 amide bonds. The van der Waals surface area contributed by atoms with Crippen LogP contribution in [0.2, 0.25) is 0 Å². The van der Waals surface area contributed by atoms with Crippen LogP contribution in [0.15, 0.2) is 40.5 Å². The van der Waals surface area contributed by atoms with Crippen LogP contribution in [0.5, 0.6) is 0 Å². The number of nitrogens with zero attached hydrogens (tertiary/aromatic N) is 3. The van der Waals surface area contributed by atoms with Gasteiger partial charge in [-0.05, 0) is 61.4 Å². The number of rotatable bonds is 6. The van der Waals surface area contributed by atoms with Crippen molar-refractivity contribution in [1.82, 2.24) is 0 Å². The molecule has 50 heavy (non-hydrogen) atoms. The predicted octanol–water partition coefficient (Wildman–Crippen LogP) is 5.64. The Morgan fingerprint density at radius 1 is 0.940 bits per heavy atom. The third kappa shape index (κ3) is 5.66. The molecule has 5 aliphatic rings. The molecule has 10 atom stereocenters. The largest absolute Gasteiger partial charge is 0.462 e. The number of benzene rings is 1. The second-order valence-electron chi connectivity index (χ2n) is 15.4. The molecule has 2 saturated heterocycles. The van der Waals surface area contributed by atoms with Crippen LogP contribution in [-0.4, -0.2) is 78.5 Å². The van der Waals surface area contributed by atoms with Gasteiger partial charge in [0.1, 0.15) is 36.6 Å². The summed E-state index contributed by atoms with van der Waals surface area (Å²) in [5, 5.41) is 3.65. The quantitative estimate of drug-likeness (QED) is 0.0897. The van der Waals surface area contributed by atoms with Crippen molar-refractivity contribution < 1.29 is 52.3 Å². The zero-order chi connectivity index (χ0) is 36.6. The van der Waals surface area contributed by atoms with E-state index in [4.69, 9.17) is 38.7 Å². The van der Waals surface area contributed by atoms with E-state index in [1.807, 2.05) is 27.7 Å². The van der Waals surface area contributed by atoms with Crippen LogP contribution in [0.4, 0.5) is 5.69 Å². The Kier molecular flexibility index (Phi) is 8.86. The summed E-state index contributed by atoms with van der Waals surface area (Å²) in [6, 6.07) is 6.13. The van der Waals surface area contributed by atoms with Crippen LogP contribution in [0.1, 0.15) is 85.5 Å². The van der Waals surface area contributed by atoms with E-state index in [0.717, 1.165) is 11.1 Å². The number of ether oxygens (including phenoxy) is 7. The fraction of sp³-hybridized carbons (Fsp3) is 0.667. The van der Waals surface area contributed by atoms with E-state index in [1.54, 1.807) is 32.0 Å². The molecule has 6 rings (SSSR count). The molecule has 0 aromatic heterocycles. The lowest BCUT2D eigenvalue weighted by molar-refractivity contribution is -0.353. The number of carbonyl (C=O) groups excluding carboxylic acids is 4. The molecule has 0 spiro atoms. The second-order valence-corrected chi connectivity index (χ2v) is 15.4. The van der Waals surface area contributed by atoms with Crippen LogP contribution >= 0.6 is 0 Å². The summed E-state index contributed by atoms with van der Waals surface area (Å²) in [4.78, 5) is 55.5. The van der Waals surface area contributed by atoms with Crippen molar-refractivity contribution in [3.05, 3.63) is 51.4 Å². The average Bonchev–Trinajstić information content (AvgIpc) is 3.32. The number of carbonyl (C=O) groups is 4. The van der Waals surface area contributed by atoms with E-state index in [9.17, 15) is 19.2 Å². The van der Waals surface area contributed by atoms with Crippen molar-refractivity contribution in [3.8, 4) is 0 Å². The molecule has 0 unspecified atom stereocenters. The molecular formula is C36H45N3O11. The highest BCUT2D eigenvalue weighted by atomic mass is 16.8. The zero-order valence-corrected chi connectivity index (χ0v) is 29.9. The number of hydrogen-bond acceptors (Lipinski definition) is 12. The van der Waals surface area contributed by atoms with Gasteiger partial charge in [0.2, 0.25) is 0 Å². The summed E-state index contributed by atoms with van der Waals surface area (Å²) >= 11 is 0.